The molecule has 2 aromatic rings. The van der Waals surface area contributed by atoms with Crippen LogP contribution in [0.25, 0.3) is 10.6 Å². The van der Waals surface area contributed by atoms with Gasteiger partial charge in [0, 0.05) is 11.5 Å². The van der Waals surface area contributed by atoms with Crippen LogP contribution < -0.4 is 0 Å². The fourth-order valence-electron chi connectivity index (χ4n) is 1.30. The van der Waals surface area contributed by atoms with E-state index in [-0.39, 0.29) is 4.88 Å². The number of carboxylic acids is 1. The number of aromatic nitrogens is 2. The van der Waals surface area contributed by atoms with Crippen molar-refractivity contribution in [2.24, 2.45) is 7.05 Å². The number of rotatable bonds is 2. The molecule has 2 aromatic heterocycles. The van der Waals surface area contributed by atoms with Gasteiger partial charge in [0.25, 0.3) is 0 Å². The highest BCUT2D eigenvalue weighted by atomic mass is 79.9. The summed E-state index contributed by atoms with van der Waals surface area (Å²) in [6, 6.07) is 1.56. The first-order chi connectivity index (χ1) is 7.50. The molecule has 0 unspecified atom stereocenters. The second-order valence-corrected chi connectivity index (χ2v) is 5.37. The minimum absolute atomic E-state index is 0.263. The van der Waals surface area contributed by atoms with E-state index in [2.05, 4.69) is 21.0 Å². The molecule has 0 aliphatic rings. The van der Waals surface area contributed by atoms with Crippen LogP contribution in [0.5, 0.6) is 0 Å². The second kappa shape index (κ2) is 4.20. The van der Waals surface area contributed by atoms with E-state index >= 15 is 0 Å². The minimum Gasteiger partial charge on any atom is -0.477 e. The largest absolute Gasteiger partial charge is 0.477 e. The summed E-state index contributed by atoms with van der Waals surface area (Å²) >= 11 is 10.5. The molecule has 4 nitrogen and oxygen atoms in total. The highest BCUT2D eigenvalue weighted by molar-refractivity contribution is 9.10. The summed E-state index contributed by atoms with van der Waals surface area (Å²) in [6.45, 7) is 0. The predicted octanol–water partition coefficient (Wildman–Crippen LogP) is 3.26. The Labute approximate surface area is 109 Å². The molecule has 0 aromatic carbocycles. The van der Waals surface area contributed by atoms with Crippen LogP contribution in [-0.4, -0.2) is 20.9 Å². The normalized spacial score (nSPS) is 10.7. The van der Waals surface area contributed by atoms with Gasteiger partial charge >= 0.3 is 5.97 Å². The molecule has 0 radical (unpaired) electrons. The van der Waals surface area contributed by atoms with Gasteiger partial charge in [0.05, 0.1) is 21.8 Å². The second-order valence-electron chi connectivity index (χ2n) is 3.06. The van der Waals surface area contributed by atoms with Crippen molar-refractivity contribution < 1.29 is 9.90 Å². The van der Waals surface area contributed by atoms with Crippen molar-refractivity contribution in [2.75, 3.05) is 0 Å². The van der Waals surface area contributed by atoms with Crippen molar-refractivity contribution in [3.63, 3.8) is 0 Å². The van der Waals surface area contributed by atoms with E-state index in [1.807, 2.05) is 0 Å². The molecule has 0 spiro atoms. The third kappa shape index (κ3) is 1.88. The Balaban J connectivity index is 2.61. The lowest BCUT2D eigenvalue weighted by atomic mass is 10.3. The van der Waals surface area contributed by atoms with Gasteiger partial charge in [-0.1, -0.05) is 11.6 Å². The van der Waals surface area contributed by atoms with Gasteiger partial charge in [-0.05, 0) is 22.0 Å². The number of aromatic carboxylic acids is 1. The van der Waals surface area contributed by atoms with Crippen LogP contribution in [0, 0.1) is 0 Å². The van der Waals surface area contributed by atoms with E-state index < -0.39 is 5.97 Å². The van der Waals surface area contributed by atoms with E-state index in [0.29, 0.717) is 15.2 Å². The third-order valence-corrected chi connectivity index (χ3v) is 4.30. The van der Waals surface area contributed by atoms with Gasteiger partial charge in [0.1, 0.15) is 4.88 Å². The SMILES string of the molecule is Cn1ncc(Cl)c1-c1sc(C(=O)O)cc1Br. The summed E-state index contributed by atoms with van der Waals surface area (Å²) in [4.78, 5) is 11.9. The Morgan fingerprint density at radius 3 is 2.81 bits per heavy atom. The third-order valence-electron chi connectivity index (χ3n) is 2.01. The van der Waals surface area contributed by atoms with E-state index in [1.54, 1.807) is 17.8 Å². The molecular weight excluding hydrogens is 316 g/mol. The zero-order chi connectivity index (χ0) is 11.9. The van der Waals surface area contributed by atoms with Crippen molar-refractivity contribution in [3.8, 4) is 10.6 Å². The molecule has 0 aliphatic heterocycles. The van der Waals surface area contributed by atoms with Crippen molar-refractivity contribution >= 4 is 44.8 Å². The molecule has 0 fully saturated rings. The topological polar surface area (TPSA) is 55.1 Å². The highest BCUT2D eigenvalue weighted by Gasteiger charge is 2.18. The number of hydrogen-bond donors (Lipinski definition) is 1. The van der Waals surface area contributed by atoms with Crippen molar-refractivity contribution in [2.45, 2.75) is 0 Å². The number of carboxylic acid groups (broad SMARTS) is 1. The number of halogens is 2. The maximum Gasteiger partial charge on any atom is 0.345 e. The lowest BCUT2D eigenvalue weighted by Gasteiger charge is -1.99. The summed E-state index contributed by atoms with van der Waals surface area (Å²) in [5, 5.41) is 13.4. The number of aryl methyl sites for hydroxylation is 1. The summed E-state index contributed by atoms with van der Waals surface area (Å²) < 4.78 is 2.32. The van der Waals surface area contributed by atoms with Gasteiger partial charge < -0.3 is 5.11 Å². The number of thiophene rings is 1. The van der Waals surface area contributed by atoms with Crippen LogP contribution in [-0.2, 0) is 7.05 Å². The first-order valence-corrected chi connectivity index (χ1v) is 6.20. The maximum atomic E-state index is 10.8. The lowest BCUT2D eigenvalue weighted by molar-refractivity contribution is 0.0702. The highest BCUT2D eigenvalue weighted by Crippen LogP contribution is 2.39. The van der Waals surface area contributed by atoms with Crippen LogP contribution in [0.3, 0.4) is 0 Å². The number of hydrogen-bond acceptors (Lipinski definition) is 3. The van der Waals surface area contributed by atoms with Crippen LogP contribution >= 0.6 is 38.9 Å². The predicted molar refractivity (Wildman–Crippen MR) is 66.2 cm³/mol. The number of nitrogens with zero attached hydrogens (tertiary/aromatic N) is 2. The van der Waals surface area contributed by atoms with Gasteiger partial charge in [-0.3, -0.25) is 4.68 Å². The molecular formula is C9H6BrClN2O2S. The molecule has 1 N–H and O–H groups in total. The van der Waals surface area contributed by atoms with E-state index in [4.69, 9.17) is 16.7 Å². The van der Waals surface area contributed by atoms with Crippen LogP contribution in [0.15, 0.2) is 16.7 Å². The summed E-state index contributed by atoms with van der Waals surface area (Å²) in [7, 11) is 1.76. The Bertz CT molecular complexity index is 544. The molecule has 84 valence electrons. The van der Waals surface area contributed by atoms with Crippen molar-refractivity contribution in [1.29, 1.82) is 0 Å². The zero-order valence-electron chi connectivity index (χ0n) is 8.07. The van der Waals surface area contributed by atoms with Gasteiger partial charge in [-0.2, -0.15) is 5.10 Å². The Morgan fingerprint density at radius 2 is 2.38 bits per heavy atom. The first kappa shape index (κ1) is 11.6. The van der Waals surface area contributed by atoms with Crippen molar-refractivity contribution in [3.05, 3.63) is 26.6 Å². The molecule has 0 atom stereocenters. The Morgan fingerprint density at radius 1 is 1.69 bits per heavy atom. The molecule has 2 heterocycles. The molecule has 0 amide bonds. The fourth-order valence-corrected chi connectivity index (χ4v) is 3.41. The molecule has 16 heavy (non-hydrogen) atoms. The standard InChI is InChI=1S/C9H6BrClN2O2S/c1-13-7(5(11)3-12-13)8-4(10)2-6(16-8)9(14)15/h2-3H,1H3,(H,14,15). The fraction of sp³-hybridized carbons (Fsp3) is 0.111. The van der Waals surface area contributed by atoms with E-state index in [0.717, 1.165) is 16.2 Å². The molecule has 2 rings (SSSR count). The molecule has 0 bridgehead atoms. The summed E-state index contributed by atoms with van der Waals surface area (Å²) in [6.07, 6.45) is 1.53. The Hall–Kier alpha value is -0.850. The van der Waals surface area contributed by atoms with Crippen LogP contribution in [0.4, 0.5) is 0 Å². The lowest BCUT2D eigenvalue weighted by Crippen LogP contribution is -1.92. The average Bonchev–Trinajstić information content (AvgIpc) is 2.71. The molecule has 0 saturated heterocycles. The van der Waals surface area contributed by atoms with Gasteiger partial charge in [0.2, 0.25) is 0 Å². The number of carbonyl (C=O) groups is 1. The van der Waals surface area contributed by atoms with Crippen LogP contribution in [0.1, 0.15) is 9.67 Å². The monoisotopic (exact) mass is 320 g/mol. The average molecular weight is 322 g/mol. The van der Waals surface area contributed by atoms with Gasteiger partial charge in [-0.15, -0.1) is 11.3 Å². The zero-order valence-corrected chi connectivity index (χ0v) is 11.2. The van der Waals surface area contributed by atoms with Crippen LogP contribution in [0.2, 0.25) is 5.02 Å². The smallest absolute Gasteiger partial charge is 0.345 e. The summed E-state index contributed by atoms with van der Waals surface area (Å²) in [5.74, 6) is -0.949. The molecule has 0 aliphatic carbocycles. The van der Waals surface area contributed by atoms with E-state index in [9.17, 15) is 4.79 Å². The quantitative estimate of drug-likeness (QED) is 0.923. The first-order valence-electron chi connectivity index (χ1n) is 4.21. The Kier molecular flexibility index (Phi) is 3.05. The summed E-state index contributed by atoms with van der Waals surface area (Å²) in [5.41, 5.74) is 0.714. The van der Waals surface area contributed by atoms with Crippen molar-refractivity contribution in [1.82, 2.24) is 9.78 Å². The van der Waals surface area contributed by atoms with Gasteiger partial charge in [0.15, 0.2) is 0 Å². The maximum absolute atomic E-state index is 10.8. The molecule has 0 saturated carbocycles. The van der Waals surface area contributed by atoms with E-state index in [1.165, 1.54) is 6.20 Å². The molecule has 7 heteroatoms. The minimum atomic E-state index is -0.949. The van der Waals surface area contributed by atoms with Gasteiger partial charge in [-0.25, -0.2) is 4.79 Å².